The van der Waals surface area contributed by atoms with Crippen molar-refractivity contribution in [3.05, 3.63) is 345 Å². The van der Waals surface area contributed by atoms with Gasteiger partial charge in [0.15, 0.2) is 5.88 Å². The van der Waals surface area contributed by atoms with Gasteiger partial charge in [0, 0.05) is 127 Å². The zero-order valence-electron chi connectivity index (χ0n) is 56.5. The predicted molar refractivity (Wildman–Crippen MR) is 410 cm³/mol. The third kappa shape index (κ3) is 11.8. The molecular weight excluding hydrogens is 1230 g/mol. The molecule has 11 nitrogen and oxygen atoms in total. The number of hydrogen-bond acceptors (Lipinski definition) is 9. The van der Waals surface area contributed by atoms with E-state index in [1.165, 1.54) is 0 Å². The minimum atomic E-state index is -0.0281. The normalized spacial score (nSPS) is 16.2. The highest BCUT2D eigenvalue weighted by atomic mass is 16.5. The zero-order chi connectivity index (χ0) is 67.8. The average Bonchev–Trinajstić information content (AvgIpc) is 1.08. The van der Waals surface area contributed by atoms with Gasteiger partial charge in [0.2, 0.25) is 11.4 Å². The van der Waals surface area contributed by atoms with Crippen molar-refractivity contribution in [2.75, 3.05) is 62.2 Å². The smallest absolute Gasteiger partial charge is 0.253 e. The standard InChI is InChI=1S/C89H74N8O3/c1-5-94(6-2)67-40-42-71-81(56-67)100-82-57-68(95(7-3)8-4)41-43-72(82)87(71)69-26-18-19-27-70(69)89(99)97-54-52-96(53-55-97)88(98)66-38-34-61(35-39-66)59-30-28-58(29-31-59)60-32-36-65(37-33-60)86-79-50-48-77(92-79)84(63-22-14-10-15-23-63)75-46-44-73(90-75)83(62-20-12-9-13-21-62)74-45-47-76(91-74)85(64-24-16-11-17-25-64)78-49-51-80(86)93-78/h9-51,56-57,99H,5-8,52-55H2,1-4H3/p+1. The van der Waals surface area contributed by atoms with Gasteiger partial charge < -0.3 is 29.4 Å². The van der Waals surface area contributed by atoms with Crippen LogP contribution in [0.1, 0.15) is 71.4 Å². The molecule has 7 aliphatic heterocycles. The number of fused-ring (bicyclic) bond motifs is 6. The minimum Gasteiger partial charge on any atom is -0.494 e. The molecule has 0 unspecified atom stereocenters. The number of aliphatic hydroxyl groups is 1. The van der Waals surface area contributed by atoms with E-state index in [2.05, 4.69) is 255 Å². The summed E-state index contributed by atoms with van der Waals surface area (Å²) in [5, 5.41) is 14.0. The molecule has 100 heavy (non-hydrogen) atoms. The number of aliphatic hydroxyl groups excluding tert-OH is 1. The monoisotopic (exact) mass is 1300 g/mol. The van der Waals surface area contributed by atoms with Crippen LogP contribution < -0.4 is 30.0 Å². The molecule has 1 fully saturated rings. The molecule has 0 atom stereocenters. The minimum absolute atomic E-state index is 0.0281. The summed E-state index contributed by atoms with van der Waals surface area (Å²) in [5.74, 6) is 1.75. The Hall–Kier alpha value is -12.2. The van der Waals surface area contributed by atoms with Gasteiger partial charge in [0.1, 0.15) is 11.5 Å². The Morgan fingerprint density at radius 2 is 0.810 bits per heavy atom. The van der Waals surface area contributed by atoms with E-state index in [1.807, 2.05) is 70.5 Å². The van der Waals surface area contributed by atoms with E-state index in [-0.39, 0.29) is 11.8 Å². The van der Waals surface area contributed by atoms with Crippen molar-refractivity contribution in [3.8, 4) is 33.8 Å². The van der Waals surface area contributed by atoms with Crippen molar-refractivity contribution in [2.45, 2.75) is 27.7 Å². The van der Waals surface area contributed by atoms with Crippen molar-refractivity contribution < 1.29 is 19.6 Å². The van der Waals surface area contributed by atoms with Crippen molar-refractivity contribution >= 4 is 73.9 Å². The quantitative estimate of drug-likeness (QED) is 0.112. The Labute approximate surface area is 583 Å². The fraction of sp³-hybridized carbons (Fsp3) is 0.135. The van der Waals surface area contributed by atoms with Crippen molar-refractivity contribution in [3.63, 3.8) is 0 Å². The number of ether oxygens (including phenoxy) is 1. The lowest BCUT2D eigenvalue weighted by Crippen LogP contribution is -2.68. The SMILES string of the molecule is CCN(CC)c1ccc2c(c1)Oc1cc(N(CC)CC)ccc1C2=c1ccccc1=C(O)N1CCN(C(=O)c2ccc(-c3ccc(-c4ccc(C5=C6C=CC(=N6)C(c6ccccc6)=C6C=CC(=N6)C(c6ccccc6)=C6C=CC(=[NH+]6)C(c6ccccc6)=C6C=CC5=N6)cc4)cc3)cc2)CC1. The highest BCUT2D eigenvalue weighted by Gasteiger charge is 2.32. The van der Waals surface area contributed by atoms with Gasteiger partial charge in [0.05, 0.1) is 45.4 Å². The first-order chi connectivity index (χ1) is 49.2. The van der Waals surface area contributed by atoms with Gasteiger partial charge in [-0.25, -0.2) is 20.0 Å². The van der Waals surface area contributed by atoms with Crippen LogP contribution in [0.3, 0.4) is 0 Å². The lowest BCUT2D eigenvalue weighted by Gasteiger charge is -2.35. The Morgan fingerprint density at radius 1 is 0.410 bits per heavy atom. The summed E-state index contributed by atoms with van der Waals surface area (Å²) in [6.07, 6.45) is 17.0. The van der Waals surface area contributed by atoms with Crippen LogP contribution in [0.2, 0.25) is 0 Å². The third-order valence-electron chi connectivity index (χ3n) is 20.0. The lowest BCUT2D eigenvalue weighted by atomic mass is 9.90. The fourth-order valence-corrected chi connectivity index (χ4v) is 14.7. The van der Waals surface area contributed by atoms with Crippen molar-refractivity contribution in [1.82, 2.24) is 9.80 Å². The Bertz CT molecular complexity index is 5200. The first-order valence-corrected chi connectivity index (χ1v) is 34.8. The van der Waals surface area contributed by atoms with Crippen LogP contribution in [-0.2, 0) is 0 Å². The molecule has 9 aromatic rings. The van der Waals surface area contributed by atoms with E-state index >= 15 is 0 Å². The summed E-state index contributed by atoms with van der Waals surface area (Å²) in [4.78, 5) is 43.1. The van der Waals surface area contributed by atoms with Gasteiger partial charge in [0.25, 0.3) is 5.91 Å². The topological polar surface area (TPSA) is 111 Å². The largest absolute Gasteiger partial charge is 0.494 e. The van der Waals surface area contributed by atoms with E-state index < -0.39 is 0 Å². The van der Waals surface area contributed by atoms with Crippen LogP contribution in [0.4, 0.5) is 11.4 Å². The first-order valence-electron chi connectivity index (χ1n) is 34.8. The molecule has 0 aromatic heterocycles. The van der Waals surface area contributed by atoms with Crippen LogP contribution in [0, 0.1) is 0 Å². The summed E-state index contributed by atoms with van der Waals surface area (Å²) in [6, 6.07) is 77.7. The molecular formula is C89H75N8O3+. The maximum absolute atomic E-state index is 14.2. The summed E-state index contributed by atoms with van der Waals surface area (Å²) < 4.78 is 6.80. The number of aliphatic imine (C=N–C) groups is 3. The van der Waals surface area contributed by atoms with E-state index in [1.54, 1.807) is 0 Å². The molecule has 9 aromatic carbocycles. The number of benzene rings is 9. The maximum Gasteiger partial charge on any atom is 0.253 e. The number of nitrogens with zero attached hydrogens (tertiary/aromatic N) is 7. The highest BCUT2D eigenvalue weighted by molar-refractivity contribution is 6.38. The van der Waals surface area contributed by atoms with Gasteiger partial charge in [-0.15, -0.1) is 0 Å². The molecule has 7 aliphatic rings. The van der Waals surface area contributed by atoms with Crippen molar-refractivity contribution in [2.24, 2.45) is 15.0 Å². The van der Waals surface area contributed by atoms with Crippen molar-refractivity contribution in [1.29, 1.82) is 0 Å². The van der Waals surface area contributed by atoms with Gasteiger partial charge in [-0.3, -0.25) is 4.79 Å². The molecule has 11 heteroatoms. The lowest BCUT2D eigenvalue weighted by molar-refractivity contribution is -0.383. The van der Waals surface area contributed by atoms with Gasteiger partial charge in [-0.2, -0.15) is 0 Å². The Kier molecular flexibility index (Phi) is 16.9. The molecule has 0 spiro atoms. The molecule has 0 aliphatic carbocycles. The first kappa shape index (κ1) is 62.6. The molecule has 2 N–H and O–H groups in total. The molecule has 0 radical (unpaired) electrons. The molecule has 8 bridgehead atoms. The summed E-state index contributed by atoms with van der Waals surface area (Å²) >= 11 is 0. The number of amides is 1. The van der Waals surface area contributed by atoms with Crippen LogP contribution in [0.5, 0.6) is 11.5 Å². The summed E-state index contributed by atoms with van der Waals surface area (Å²) in [6.45, 7) is 14.1. The number of hydrogen-bond donors (Lipinski definition) is 2. The van der Waals surface area contributed by atoms with Gasteiger partial charge >= 0.3 is 0 Å². The second-order valence-corrected chi connectivity index (χ2v) is 25.6. The van der Waals surface area contributed by atoms with Gasteiger partial charge in [-0.05, 0) is 156 Å². The number of carbonyl (C=O) groups is 1. The number of carbonyl (C=O) groups excluding carboxylic acids is 1. The van der Waals surface area contributed by atoms with E-state index in [0.717, 1.165) is 189 Å². The Morgan fingerprint density at radius 3 is 1.30 bits per heavy atom. The summed E-state index contributed by atoms with van der Waals surface area (Å²) in [7, 11) is 0. The maximum atomic E-state index is 14.2. The molecule has 16 rings (SSSR count). The van der Waals surface area contributed by atoms with E-state index in [9.17, 15) is 9.90 Å². The van der Waals surface area contributed by atoms with E-state index in [4.69, 9.17) is 19.7 Å². The number of anilines is 2. The fourth-order valence-electron chi connectivity index (χ4n) is 14.7. The second kappa shape index (κ2) is 27.0. The number of rotatable bonds is 14. The highest BCUT2D eigenvalue weighted by Crippen LogP contribution is 2.46. The third-order valence-corrected chi connectivity index (χ3v) is 20.0. The number of allylic oxidation sites excluding steroid dienone is 12. The molecule has 488 valence electrons. The van der Waals surface area contributed by atoms with Crippen LogP contribution >= 0.6 is 0 Å². The van der Waals surface area contributed by atoms with Crippen LogP contribution in [0.25, 0.3) is 56.0 Å². The van der Waals surface area contributed by atoms with Gasteiger partial charge in [-0.1, -0.05) is 170 Å². The molecule has 0 saturated carbocycles. The van der Waals surface area contributed by atoms with Crippen LogP contribution in [-0.4, -0.2) is 96.0 Å². The Balaban J connectivity index is 0.656. The zero-order valence-corrected chi connectivity index (χ0v) is 56.5. The number of nitrogens with one attached hydrogen (secondary N) is 1. The van der Waals surface area contributed by atoms with E-state index in [0.29, 0.717) is 31.7 Å². The molecule has 7 heterocycles. The molecule has 1 amide bonds. The molecule has 1 saturated heterocycles. The number of piperazine rings is 1. The summed E-state index contributed by atoms with van der Waals surface area (Å²) in [5.41, 5.74) is 24.9. The average molecular weight is 1300 g/mol. The second-order valence-electron chi connectivity index (χ2n) is 25.6. The predicted octanol–water partition coefficient (Wildman–Crippen LogP) is 15.2. The van der Waals surface area contributed by atoms with Crippen LogP contribution in [0.15, 0.2) is 311 Å².